The standard InChI is InChI=1S/C25H22N4OS/c1-28(2)20-10-7-19(8-11-20)25-29(23(30)16-31-25)21-12-5-17(6-13-21)22-14-9-18-4-3-15-26-24(18)27-22/h3-15,25H,16H2,1-2H3. The summed E-state index contributed by atoms with van der Waals surface area (Å²) in [5.74, 6) is 0.618. The van der Waals surface area contributed by atoms with E-state index in [4.69, 9.17) is 0 Å². The van der Waals surface area contributed by atoms with Gasteiger partial charge in [0.1, 0.15) is 5.37 Å². The molecular weight excluding hydrogens is 404 g/mol. The molecule has 1 amide bonds. The average Bonchev–Trinajstić information content (AvgIpc) is 3.20. The van der Waals surface area contributed by atoms with Crippen LogP contribution in [0.25, 0.3) is 22.3 Å². The van der Waals surface area contributed by atoms with Crippen LogP contribution in [0.2, 0.25) is 0 Å². The first-order valence-electron chi connectivity index (χ1n) is 10.1. The van der Waals surface area contributed by atoms with Gasteiger partial charge in [0.15, 0.2) is 5.65 Å². The number of hydrogen-bond acceptors (Lipinski definition) is 5. The van der Waals surface area contributed by atoms with Crippen LogP contribution in [0, 0.1) is 0 Å². The summed E-state index contributed by atoms with van der Waals surface area (Å²) in [5.41, 5.74) is 5.79. The molecular formula is C25H22N4OS. The zero-order valence-corrected chi connectivity index (χ0v) is 18.2. The van der Waals surface area contributed by atoms with E-state index in [1.54, 1.807) is 18.0 Å². The number of carbonyl (C=O) groups is 1. The maximum absolute atomic E-state index is 12.7. The lowest BCUT2D eigenvalue weighted by molar-refractivity contribution is -0.115. The Balaban J connectivity index is 1.43. The molecule has 0 N–H and O–H groups in total. The van der Waals surface area contributed by atoms with Crippen molar-refractivity contribution in [2.24, 2.45) is 0 Å². The van der Waals surface area contributed by atoms with Crippen molar-refractivity contribution >= 4 is 40.1 Å². The van der Waals surface area contributed by atoms with Crippen LogP contribution in [0.4, 0.5) is 11.4 Å². The van der Waals surface area contributed by atoms with Crippen LogP contribution in [0.5, 0.6) is 0 Å². The molecule has 1 aliphatic heterocycles. The Labute approximate surface area is 185 Å². The van der Waals surface area contributed by atoms with Crippen LogP contribution in [0.15, 0.2) is 79.0 Å². The Hall–Kier alpha value is -3.38. The predicted molar refractivity (Wildman–Crippen MR) is 128 cm³/mol. The fourth-order valence-corrected chi connectivity index (χ4v) is 4.97. The maximum Gasteiger partial charge on any atom is 0.238 e. The summed E-state index contributed by atoms with van der Waals surface area (Å²) in [6.07, 6.45) is 1.75. The van der Waals surface area contributed by atoms with Gasteiger partial charge >= 0.3 is 0 Å². The average molecular weight is 427 g/mol. The molecule has 1 unspecified atom stereocenters. The number of anilines is 2. The summed E-state index contributed by atoms with van der Waals surface area (Å²) in [5, 5.41) is 1.00. The number of amides is 1. The van der Waals surface area contributed by atoms with Crippen molar-refractivity contribution in [3.63, 3.8) is 0 Å². The molecule has 6 heteroatoms. The summed E-state index contributed by atoms with van der Waals surface area (Å²) in [7, 11) is 4.05. The van der Waals surface area contributed by atoms with Gasteiger partial charge in [0.2, 0.25) is 5.91 Å². The lowest BCUT2D eigenvalue weighted by Crippen LogP contribution is -2.27. The highest BCUT2D eigenvalue weighted by Crippen LogP contribution is 2.42. The summed E-state index contributed by atoms with van der Waals surface area (Å²) in [6.45, 7) is 0. The molecule has 0 spiro atoms. The Bertz CT molecular complexity index is 1240. The van der Waals surface area contributed by atoms with E-state index in [1.165, 1.54) is 0 Å². The third-order valence-electron chi connectivity index (χ3n) is 5.47. The van der Waals surface area contributed by atoms with Gasteiger partial charge in [-0.05, 0) is 54.1 Å². The van der Waals surface area contributed by atoms with Crippen molar-refractivity contribution in [1.82, 2.24) is 9.97 Å². The second kappa shape index (κ2) is 8.04. The van der Waals surface area contributed by atoms with Crippen molar-refractivity contribution in [2.45, 2.75) is 5.37 Å². The van der Waals surface area contributed by atoms with Gasteiger partial charge in [-0.25, -0.2) is 9.97 Å². The van der Waals surface area contributed by atoms with Gasteiger partial charge in [-0.15, -0.1) is 11.8 Å². The van der Waals surface area contributed by atoms with Gasteiger partial charge in [0.25, 0.3) is 0 Å². The van der Waals surface area contributed by atoms with E-state index in [2.05, 4.69) is 39.1 Å². The second-order valence-corrected chi connectivity index (χ2v) is 8.78. The Kier molecular flexibility index (Phi) is 5.08. The molecule has 0 radical (unpaired) electrons. The van der Waals surface area contributed by atoms with Gasteiger partial charge in [0.05, 0.1) is 11.4 Å². The molecule has 1 fully saturated rings. The number of hydrogen-bond donors (Lipinski definition) is 0. The fraction of sp³-hybridized carbons (Fsp3) is 0.160. The van der Waals surface area contributed by atoms with Crippen LogP contribution in [0.3, 0.4) is 0 Å². The van der Waals surface area contributed by atoms with Gasteiger partial charge in [-0.2, -0.15) is 0 Å². The van der Waals surface area contributed by atoms with Crippen LogP contribution < -0.4 is 9.80 Å². The number of thioether (sulfide) groups is 1. The van der Waals surface area contributed by atoms with Crippen molar-refractivity contribution in [1.29, 1.82) is 0 Å². The molecule has 1 saturated heterocycles. The summed E-state index contributed by atoms with van der Waals surface area (Å²) < 4.78 is 0. The fourth-order valence-electron chi connectivity index (χ4n) is 3.79. The van der Waals surface area contributed by atoms with E-state index in [9.17, 15) is 4.79 Å². The Morgan fingerprint density at radius 1 is 0.968 bits per heavy atom. The highest BCUT2D eigenvalue weighted by atomic mass is 32.2. The predicted octanol–water partition coefficient (Wildman–Crippen LogP) is 5.14. The smallest absolute Gasteiger partial charge is 0.238 e. The normalized spacial score (nSPS) is 16.1. The van der Waals surface area contributed by atoms with Crippen LogP contribution >= 0.6 is 11.8 Å². The lowest BCUT2D eigenvalue weighted by atomic mass is 10.1. The summed E-state index contributed by atoms with van der Waals surface area (Å²) >= 11 is 1.66. The number of aromatic nitrogens is 2. The first kappa shape index (κ1) is 19.6. The lowest BCUT2D eigenvalue weighted by Gasteiger charge is -2.25. The van der Waals surface area contributed by atoms with Crippen LogP contribution in [-0.4, -0.2) is 35.7 Å². The molecule has 1 aliphatic rings. The monoisotopic (exact) mass is 426 g/mol. The zero-order chi connectivity index (χ0) is 21.4. The molecule has 5 nitrogen and oxygen atoms in total. The quantitative estimate of drug-likeness (QED) is 0.452. The largest absolute Gasteiger partial charge is 0.378 e. The zero-order valence-electron chi connectivity index (χ0n) is 17.4. The molecule has 5 rings (SSSR count). The van der Waals surface area contributed by atoms with Gasteiger partial charge in [-0.3, -0.25) is 9.69 Å². The molecule has 1 atom stereocenters. The van der Waals surface area contributed by atoms with Gasteiger partial charge in [-0.1, -0.05) is 24.3 Å². The van der Waals surface area contributed by atoms with Crippen LogP contribution in [-0.2, 0) is 4.79 Å². The van der Waals surface area contributed by atoms with E-state index >= 15 is 0 Å². The number of benzene rings is 2. The summed E-state index contributed by atoms with van der Waals surface area (Å²) in [4.78, 5) is 25.7. The number of fused-ring (bicyclic) bond motifs is 1. The topological polar surface area (TPSA) is 49.3 Å². The molecule has 154 valence electrons. The number of rotatable bonds is 4. The second-order valence-electron chi connectivity index (χ2n) is 7.71. The number of nitrogens with zero attached hydrogens (tertiary/aromatic N) is 4. The Morgan fingerprint density at radius 2 is 1.74 bits per heavy atom. The summed E-state index contributed by atoms with van der Waals surface area (Å²) in [6, 6.07) is 24.4. The number of pyridine rings is 2. The minimum Gasteiger partial charge on any atom is -0.378 e. The van der Waals surface area contributed by atoms with Crippen molar-refractivity contribution in [3.05, 3.63) is 84.6 Å². The van der Waals surface area contributed by atoms with E-state index in [0.717, 1.165) is 39.2 Å². The van der Waals surface area contributed by atoms with E-state index in [0.29, 0.717) is 5.75 Å². The third kappa shape index (κ3) is 3.75. The van der Waals surface area contributed by atoms with Crippen molar-refractivity contribution < 1.29 is 4.79 Å². The van der Waals surface area contributed by atoms with Gasteiger partial charge < -0.3 is 4.90 Å². The van der Waals surface area contributed by atoms with Gasteiger partial charge in [0, 0.05) is 42.6 Å². The highest BCUT2D eigenvalue weighted by Gasteiger charge is 2.34. The highest BCUT2D eigenvalue weighted by molar-refractivity contribution is 8.00. The van der Waals surface area contributed by atoms with E-state index in [-0.39, 0.29) is 11.3 Å². The molecule has 0 saturated carbocycles. The minimum absolute atomic E-state index is 0.0162. The molecule has 3 heterocycles. The molecule has 31 heavy (non-hydrogen) atoms. The first-order valence-corrected chi connectivity index (χ1v) is 11.2. The maximum atomic E-state index is 12.7. The minimum atomic E-state index is -0.0162. The molecule has 2 aromatic heterocycles. The third-order valence-corrected chi connectivity index (χ3v) is 6.68. The first-order chi connectivity index (χ1) is 15.1. The molecule has 4 aromatic rings. The van der Waals surface area contributed by atoms with E-state index < -0.39 is 0 Å². The van der Waals surface area contributed by atoms with Crippen molar-refractivity contribution in [2.75, 3.05) is 29.6 Å². The Morgan fingerprint density at radius 3 is 2.48 bits per heavy atom. The van der Waals surface area contributed by atoms with Crippen LogP contribution in [0.1, 0.15) is 10.9 Å². The SMILES string of the molecule is CN(C)c1ccc(C2SCC(=O)N2c2ccc(-c3ccc4cccnc4n3)cc2)cc1. The molecule has 0 aliphatic carbocycles. The number of carbonyl (C=O) groups excluding carboxylic acids is 1. The molecule has 2 aromatic carbocycles. The van der Waals surface area contributed by atoms with Crippen molar-refractivity contribution in [3.8, 4) is 11.3 Å². The molecule has 0 bridgehead atoms. The van der Waals surface area contributed by atoms with E-state index in [1.807, 2.05) is 67.5 Å².